The molecule has 1 aromatic heterocycles. The zero-order valence-electron chi connectivity index (χ0n) is 12.2. The van der Waals surface area contributed by atoms with Gasteiger partial charge in [0.2, 0.25) is 5.88 Å². The molecule has 2 rings (SSSR count). The van der Waals surface area contributed by atoms with Gasteiger partial charge in [0.05, 0.1) is 0 Å². The van der Waals surface area contributed by atoms with Crippen LogP contribution in [0.3, 0.4) is 0 Å². The van der Waals surface area contributed by atoms with Gasteiger partial charge in [0.1, 0.15) is 6.61 Å². The topological polar surface area (TPSA) is 109 Å². The molecule has 0 aromatic carbocycles. The van der Waals surface area contributed by atoms with Crippen molar-refractivity contribution in [1.82, 2.24) is 9.55 Å². The molecule has 1 atom stereocenters. The number of rotatable bonds is 6. The van der Waals surface area contributed by atoms with Gasteiger partial charge in [-0.3, -0.25) is 23.3 Å². The number of aromatic amines is 1. The van der Waals surface area contributed by atoms with Gasteiger partial charge < -0.3 is 4.74 Å². The van der Waals surface area contributed by atoms with Crippen LogP contribution in [-0.4, -0.2) is 36.0 Å². The molecule has 10 heteroatoms. The van der Waals surface area contributed by atoms with Gasteiger partial charge in [-0.2, -0.15) is 0 Å². The Hall–Kier alpha value is -1.89. The minimum atomic E-state index is -3.64. The summed E-state index contributed by atoms with van der Waals surface area (Å²) in [5.41, 5.74) is 0.562. The Kier molecular flexibility index (Phi) is 4.55. The summed E-state index contributed by atoms with van der Waals surface area (Å²) in [6.45, 7) is 1.49. The predicted molar refractivity (Wildman–Crippen MR) is 76.2 cm³/mol. The fourth-order valence-electron chi connectivity index (χ4n) is 1.65. The molecule has 0 aliphatic carbocycles. The third-order valence-electron chi connectivity index (χ3n) is 2.83. The maximum atomic E-state index is 11.8. The molecule has 0 saturated heterocycles. The lowest BCUT2D eigenvalue weighted by Crippen LogP contribution is -2.33. The van der Waals surface area contributed by atoms with E-state index in [4.69, 9.17) is 9.26 Å². The van der Waals surface area contributed by atoms with Crippen LogP contribution in [0.2, 0.25) is 0 Å². The summed E-state index contributed by atoms with van der Waals surface area (Å²) in [7, 11) is -1.25. The van der Waals surface area contributed by atoms with Crippen molar-refractivity contribution >= 4 is 13.7 Å². The highest BCUT2D eigenvalue weighted by molar-refractivity contribution is 7.48. The van der Waals surface area contributed by atoms with Crippen molar-refractivity contribution < 1.29 is 22.9 Å². The summed E-state index contributed by atoms with van der Waals surface area (Å²) >= 11 is 0. The summed E-state index contributed by atoms with van der Waals surface area (Å²) in [5, 5.41) is 0. The number of H-pyrrole nitrogens is 1. The lowest BCUT2D eigenvalue weighted by atomic mass is 10.1. The van der Waals surface area contributed by atoms with Crippen LogP contribution in [-0.2, 0) is 22.9 Å². The summed E-state index contributed by atoms with van der Waals surface area (Å²) in [6, 6.07) is 1.18. The first-order valence-corrected chi connectivity index (χ1v) is 7.62. The zero-order valence-corrected chi connectivity index (χ0v) is 13.1. The molecular weight excluding hydrogens is 315 g/mol. The number of phosphoric ester groups is 1. The second-order valence-electron chi connectivity index (χ2n) is 4.57. The van der Waals surface area contributed by atoms with E-state index in [1.165, 1.54) is 32.6 Å². The van der Waals surface area contributed by atoms with Crippen LogP contribution in [0.15, 0.2) is 33.7 Å². The molecule has 0 unspecified atom stereocenters. The monoisotopic (exact) mass is 330 g/mol. The van der Waals surface area contributed by atoms with Crippen LogP contribution in [0.4, 0.5) is 0 Å². The van der Waals surface area contributed by atoms with E-state index in [2.05, 4.69) is 19.8 Å². The average Bonchev–Trinajstić information content (AvgIpc) is 2.88. The molecule has 9 nitrogen and oxygen atoms in total. The third-order valence-corrected chi connectivity index (χ3v) is 4.17. The SMILES string of the molecule is COP(=O)(OC)OC[C@]1(C)C=C=C(n2ccc(=O)[nH]c2=O)O1. The number of hydrogen-bond acceptors (Lipinski definition) is 7. The molecule has 0 fully saturated rings. The second-order valence-corrected chi connectivity index (χ2v) is 6.46. The molecule has 0 amide bonds. The number of ether oxygens (including phenoxy) is 1. The van der Waals surface area contributed by atoms with E-state index in [0.29, 0.717) is 0 Å². The maximum absolute atomic E-state index is 11.8. The Morgan fingerprint density at radius 2 is 2.09 bits per heavy atom. The first-order chi connectivity index (χ1) is 10.3. The van der Waals surface area contributed by atoms with Crippen LogP contribution < -0.4 is 11.2 Å². The summed E-state index contributed by atoms with van der Waals surface area (Å²) in [5.74, 6) is 0.0806. The smallest absolute Gasteiger partial charge is 0.459 e. The van der Waals surface area contributed by atoms with Crippen molar-refractivity contribution in [1.29, 1.82) is 0 Å². The highest BCUT2D eigenvalue weighted by Gasteiger charge is 2.34. The highest BCUT2D eigenvalue weighted by atomic mass is 31.2. The molecule has 1 aliphatic rings. The average molecular weight is 330 g/mol. The van der Waals surface area contributed by atoms with Gasteiger partial charge in [-0.1, -0.05) is 5.73 Å². The van der Waals surface area contributed by atoms with Crippen molar-refractivity contribution in [3.05, 3.63) is 44.9 Å². The Bertz CT molecular complexity index is 781. The minimum Gasteiger partial charge on any atom is -0.459 e. The lowest BCUT2D eigenvalue weighted by molar-refractivity contribution is 0.0324. The lowest BCUT2D eigenvalue weighted by Gasteiger charge is -2.25. The van der Waals surface area contributed by atoms with Gasteiger partial charge in [-0.25, -0.2) is 13.9 Å². The predicted octanol–water partition coefficient (Wildman–Crippen LogP) is 0.696. The van der Waals surface area contributed by atoms with Crippen molar-refractivity contribution in [2.45, 2.75) is 12.5 Å². The fraction of sp³-hybridized carbons (Fsp3) is 0.417. The maximum Gasteiger partial charge on any atom is 0.474 e. The van der Waals surface area contributed by atoms with E-state index >= 15 is 0 Å². The Labute approximate surface area is 125 Å². The Balaban J connectivity index is 2.11. The van der Waals surface area contributed by atoms with Gasteiger partial charge in [0, 0.05) is 32.6 Å². The number of nitrogens with one attached hydrogen (secondary N) is 1. The van der Waals surface area contributed by atoms with Gasteiger partial charge in [0.25, 0.3) is 5.56 Å². The minimum absolute atomic E-state index is 0.0806. The van der Waals surface area contributed by atoms with E-state index in [0.717, 1.165) is 4.57 Å². The number of hydrogen-bond donors (Lipinski definition) is 1. The van der Waals surface area contributed by atoms with Crippen LogP contribution in [0.1, 0.15) is 6.92 Å². The summed E-state index contributed by atoms with van der Waals surface area (Å²) < 4.78 is 32.9. The van der Waals surface area contributed by atoms with Crippen LogP contribution in [0.25, 0.3) is 5.88 Å². The van der Waals surface area contributed by atoms with Crippen LogP contribution in [0.5, 0.6) is 0 Å². The third kappa shape index (κ3) is 3.47. The molecule has 0 saturated carbocycles. The Morgan fingerprint density at radius 3 is 2.68 bits per heavy atom. The standard InChI is InChI=1S/C12H15N2O7P/c1-12(8-20-22(17,18-2)19-3)6-4-10(21-12)14-7-5-9(15)13-11(14)16/h5-7H,8H2,1-3H3,(H,13,15,16)/t12-/m0/s1. The van der Waals surface area contributed by atoms with Crippen molar-refractivity contribution in [3.63, 3.8) is 0 Å². The molecule has 1 aliphatic heterocycles. The van der Waals surface area contributed by atoms with Crippen molar-refractivity contribution in [2.24, 2.45) is 0 Å². The van der Waals surface area contributed by atoms with Crippen molar-refractivity contribution in [2.75, 3.05) is 20.8 Å². The molecule has 1 aromatic rings. The first-order valence-electron chi connectivity index (χ1n) is 6.16. The largest absolute Gasteiger partial charge is 0.474 e. The zero-order chi connectivity index (χ0) is 16.4. The number of nitrogens with zero attached hydrogens (tertiary/aromatic N) is 1. The van der Waals surface area contributed by atoms with Crippen LogP contribution in [0, 0.1) is 0 Å². The van der Waals surface area contributed by atoms with E-state index in [1.807, 2.05) is 0 Å². The molecule has 2 heterocycles. The van der Waals surface area contributed by atoms with Crippen LogP contribution >= 0.6 is 7.82 Å². The van der Waals surface area contributed by atoms with Gasteiger partial charge >= 0.3 is 13.5 Å². The van der Waals surface area contributed by atoms with Gasteiger partial charge in [-0.05, 0) is 6.92 Å². The molecule has 0 radical (unpaired) electrons. The fourth-order valence-corrected chi connectivity index (χ4v) is 2.42. The van der Waals surface area contributed by atoms with Crippen molar-refractivity contribution in [3.8, 4) is 0 Å². The Morgan fingerprint density at radius 1 is 1.41 bits per heavy atom. The van der Waals surface area contributed by atoms with E-state index in [1.54, 1.807) is 6.92 Å². The summed E-state index contributed by atoms with van der Waals surface area (Å²) in [4.78, 5) is 24.8. The number of aromatic nitrogens is 2. The first kappa shape index (κ1) is 16.5. The normalized spacial score (nSPS) is 20.8. The highest BCUT2D eigenvalue weighted by Crippen LogP contribution is 2.48. The van der Waals surface area contributed by atoms with Gasteiger partial charge in [-0.15, -0.1) is 0 Å². The van der Waals surface area contributed by atoms with E-state index < -0.39 is 24.7 Å². The molecular formula is C12H15N2O7P. The molecule has 1 N–H and O–H groups in total. The molecule has 0 bridgehead atoms. The van der Waals surface area contributed by atoms with Gasteiger partial charge in [0.15, 0.2) is 5.60 Å². The van der Waals surface area contributed by atoms with E-state index in [-0.39, 0.29) is 12.5 Å². The quantitative estimate of drug-likeness (QED) is 0.604. The summed E-state index contributed by atoms with van der Waals surface area (Å²) in [6.07, 6.45) is 2.77. The second kappa shape index (κ2) is 6.08. The van der Waals surface area contributed by atoms with E-state index in [9.17, 15) is 14.2 Å². The number of phosphoric acid groups is 1. The molecule has 120 valence electrons. The molecule has 0 spiro atoms. The molecule has 22 heavy (non-hydrogen) atoms.